The van der Waals surface area contributed by atoms with Crippen LogP contribution in [0, 0.1) is 83.2 Å². The molecule has 0 aliphatic carbocycles. The van der Waals surface area contributed by atoms with Gasteiger partial charge in [0, 0.05) is 83.2 Å². The smallest absolute Gasteiger partial charge is 0.186 e. The Kier molecular flexibility index (Phi) is 51.8. The Bertz CT molecular complexity index is 30.6. The van der Waals surface area contributed by atoms with E-state index in [0.717, 1.165) is 0 Å². The molecule has 0 amide bonds. The Labute approximate surface area is 96.6 Å². The van der Waals surface area contributed by atoms with Gasteiger partial charge in [-0.2, -0.15) is 9.59 Å². The van der Waals surface area contributed by atoms with Crippen LogP contribution in [0.15, 0.2) is 0 Å². The molecule has 4 heteroatoms. The summed E-state index contributed by atoms with van der Waals surface area (Å²) in [5.74, 6) is 0. The first kappa shape index (κ1) is 15.7. The van der Waals surface area contributed by atoms with E-state index < -0.39 is 0 Å². The zero-order chi connectivity index (χ0) is 2.71. The second kappa shape index (κ2) is 16.5. The molecule has 0 heterocycles. The molecule has 0 atom stereocenters. The van der Waals surface area contributed by atoms with Gasteiger partial charge in [-0.05, 0) is 0 Å². The van der Waals surface area contributed by atoms with Gasteiger partial charge in [-0.1, -0.05) is 0 Å². The molecule has 0 unspecified atom stereocenters. The fraction of sp³-hybridized carbons (Fsp3) is 0. The first-order valence-electron chi connectivity index (χ1n) is 0.408. The molecule has 0 radical (unpaired) electrons. The van der Waals surface area contributed by atoms with Gasteiger partial charge in [-0.3, -0.25) is 0 Å². The van der Waals surface area contributed by atoms with Crippen molar-refractivity contribution in [3.63, 3.8) is 0 Å². The van der Waals surface area contributed by atoms with Gasteiger partial charge in [0.1, 0.15) is 0 Å². The molecule has 2 nitrogen and oxygen atoms in total. The Balaban J connectivity index is -0.0000000200. The summed E-state index contributed by atoms with van der Waals surface area (Å²) in [6, 6.07) is 0. The molecule has 0 aliphatic heterocycles. The van der Waals surface area contributed by atoms with Crippen LogP contribution in [0.3, 0.4) is 0 Å². The zero-order valence-corrected chi connectivity index (χ0v) is 4.21. The van der Waals surface area contributed by atoms with E-state index in [2.05, 4.69) is 0 Å². The van der Waals surface area contributed by atoms with Crippen molar-refractivity contribution in [1.29, 1.82) is 0 Å². The van der Waals surface area contributed by atoms with Crippen molar-refractivity contribution in [2.75, 3.05) is 0 Å². The fourth-order valence-electron chi connectivity index (χ4n) is 0. The van der Waals surface area contributed by atoms with Crippen molar-refractivity contribution in [3.05, 3.63) is 0 Å². The van der Waals surface area contributed by atoms with Crippen molar-refractivity contribution >= 4 is 6.15 Å². The van der Waals surface area contributed by atoms with Gasteiger partial charge in [0.05, 0.1) is 0 Å². The van der Waals surface area contributed by atoms with Gasteiger partial charge < -0.3 is 0 Å². The Morgan fingerprint density at radius 3 is 1.20 bits per heavy atom. The molecule has 0 aromatic carbocycles. The molecular weight excluding hydrogens is 168 g/mol. The summed E-state index contributed by atoms with van der Waals surface area (Å²) in [7, 11) is 0. The fourth-order valence-corrected chi connectivity index (χ4v) is 0. The summed E-state index contributed by atoms with van der Waals surface area (Å²) >= 11 is 0. The van der Waals surface area contributed by atoms with E-state index in [0.29, 0.717) is 0 Å². The Morgan fingerprint density at radius 2 is 1.20 bits per heavy atom. The van der Waals surface area contributed by atoms with E-state index >= 15 is 0 Å². The maximum atomic E-state index is 8.12. The average Bonchev–Trinajstić information content (AvgIpc) is 0.918. The van der Waals surface area contributed by atoms with Gasteiger partial charge in [0.2, 0.25) is 0 Å². The minimum atomic E-state index is 0. The number of carbonyl (C=O) groups excluding carboxylic acids is 2. The first-order chi connectivity index (χ1) is 1.41. The molecule has 0 spiro atoms. The van der Waals surface area contributed by atoms with E-state index in [1.54, 1.807) is 0 Å². The summed E-state index contributed by atoms with van der Waals surface area (Å²) in [5.41, 5.74) is 0. The summed E-state index contributed by atoms with van der Waals surface area (Å²) in [6.07, 6.45) is 0.250. The number of hydrogen-bond donors (Lipinski definition) is 0. The maximum absolute atomic E-state index is 8.12. The van der Waals surface area contributed by atoms with E-state index in [1.807, 2.05) is 0 Å². The molecule has 0 saturated heterocycles. The molecule has 0 aliphatic rings. The maximum Gasteiger partial charge on any atom is 0.373 e. The largest absolute Gasteiger partial charge is 0.373 e. The minimum Gasteiger partial charge on any atom is -0.186 e. The van der Waals surface area contributed by atoms with Gasteiger partial charge in [-0.15, -0.1) is 0 Å². The van der Waals surface area contributed by atoms with E-state index in [1.165, 1.54) is 0 Å². The van der Waals surface area contributed by atoms with Gasteiger partial charge in [0.25, 0.3) is 0 Å². The van der Waals surface area contributed by atoms with Gasteiger partial charge in [-0.25, -0.2) is 0 Å². The SMILES string of the molecule is O=C=O.[Ar].[Kr]. The number of rotatable bonds is 0. The van der Waals surface area contributed by atoms with Crippen molar-refractivity contribution in [3.8, 4) is 0 Å². The topological polar surface area (TPSA) is 34.1 Å². The molecule has 0 rings (SSSR count). The van der Waals surface area contributed by atoms with Crippen LogP contribution in [0.2, 0.25) is 0 Å². The van der Waals surface area contributed by atoms with Gasteiger partial charge in [0.15, 0.2) is 0 Å². The normalized spacial score (nSPS) is 1.60. The average molecular weight is 168 g/mol. The summed E-state index contributed by atoms with van der Waals surface area (Å²) in [6.45, 7) is 0. The Hall–Kier alpha value is 2.12. The molecule has 32 valence electrons. The van der Waals surface area contributed by atoms with Crippen LogP contribution in [-0.4, -0.2) is 6.15 Å². The zero-order valence-electron chi connectivity index (χ0n) is 2.02. The monoisotopic (exact) mass is 168 g/mol. The van der Waals surface area contributed by atoms with Crippen LogP contribution in [0.1, 0.15) is 0 Å². The summed E-state index contributed by atoms with van der Waals surface area (Å²) in [4.78, 5) is 16.2. The molecule has 0 N–H and O–H groups in total. The molecule has 0 fully saturated rings. The quantitative estimate of drug-likeness (QED) is 0.484. The molecule has 0 aromatic heterocycles. The van der Waals surface area contributed by atoms with Crippen molar-refractivity contribution in [1.82, 2.24) is 0 Å². The van der Waals surface area contributed by atoms with Crippen LogP contribution in [0.25, 0.3) is 0 Å². The van der Waals surface area contributed by atoms with Crippen LogP contribution < -0.4 is 0 Å². The van der Waals surface area contributed by atoms with Crippen molar-refractivity contribution in [2.24, 2.45) is 0 Å². The molecule has 0 bridgehead atoms. The minimum absolute atomic E-state index is 0. The molecule has 5 heavy (non-hydrogen) atoms. The molecule has 0 saturated carbocycles. The first-order valence-corrected chi connectivity index (χ1v) is 0.408. The van der Waals surface area contributed by atoms with Crippen LogP contribution >= 0.6 is 0 Å². The van der Waals surface area contributed by atoms with Crippen LogP contribution in [0.4, 0.5) is 0 Å². The number of hydrogen-bond acceptors (Lipinski definition) is 2. The molecule has 0 aromatic rings. The third-order valence-corrected chi connectivity index (χ3v) is 0. The van der Waals surface area contributed by atoms with E-state index in [-0.39, 0.29) is 89.4 Å². The summed E-state index contributed by atoms with van der Waals surface area (Å²) < 4.78 is 0. The third kappa shape index (κ3) is 23.1. The van der Waals surface area contributed by atoms with E-state index in [9.17, 15) is 0 Å². The second-order valence-electron chi connectivity index (χ2n) is 0.0833. The van der Waals surface area contributed by atoms with Crippen LogP contribution in [-0.2, 0) is 9.59 Å². The van der Waals surface area contributed by atoms with Crippen molar-refractivity contribution < 1.29 is 92.8 Å². The third-order valence-electron chi connectivity index (χ3n) is 0. The second-order valence-corrected chi connectivity index (χ2v) is 0.0833. The summed E-state index contributed by atoms with van der Waals surface area (Å²) in [5, 5.41) is 0. The van der Waals surface area contributed by atoms with Crippen molar-refractivity contribution in [2.45, 2.75) is 0 Å². The Morgan fingerprint density at radius 1 is 1.20 bits per heavy atom. The predicted molar refractivity (Wildman–Crippen MR) is 5.01 cm³/mol. The standard InChI is InChI=1S/CO2.Ar.Kr/c2-1-3;;. The molecular formula is CArKrO2. The predicted octanol–water partition coefficient (Wildman–Crippen LogP) is -0.584. The van der Waals surface area contributed by atoms with Crippen LogP contribution in [0.5, 0.6) is 0 Å². The van der Waals surface area contributed by atoms with E-state index in [4.69, 9.17) is 9.59 Å². The van der Waals surface area contributed by atoms with Gasteiger partial charge >= 0.3 is 6.15 Å².